The van der Waals surface area contributed by atoms with Gasteiger partial charge in [-0.2, -0.15) is 0 Å². The molecule has 0 spiro atoms. The van der Waals surface area contributed by atoms with Crippen molar-refractivity contribution in [3.63, 3.8) is 0 Å². The number of hydrogen-bond donors (Lipinski definition) is 0. The van der Waals surface area contributed by atoms with Crippen LogP contribution in [0, 0.1) is 6.07 Å². The maximum Gasteiger partial charge on any atom is 0.122 e. The topological polar surface area (TPSA) is 9.23 Å². The van der Waals surface area contributed by atoms with E-state index in [9.17, 15) is 0 Å². The van der Waals surface area contributed by atoms with Crippen molar-refractivity contribution in [3.05, 3.63) is 42.0 Å². The van der Waals surface area contributed by atoms with Crippen LogP contribution >= 0.6 is 0 Å². The van der Waals surface area contributed by atoms with Gasteiger partial charge < -0.3 is 4.74 Å². The van der Waals surface area contributed by atoms with Gasteiger partial charge in [0, 0.05) is 5.56 Å². The van der Waals surface area contributed by atoms with E-state index in [4.69, 9.17) is 4.74 Å². The molecule has 1 rings (SSSR count). The lowest BCUT2D eigenvalue weighted by Crippen LogP contribution is -1.89. The van der Waals surface area contributed by atoms with Gasteiger partial charge in [0.15, 0.2) is 0 Å². The molecule has 1 nitrogen and oxygen atoms in total. The molecule has 0 bridgehead atoms. The Balaban J connectivity index is 2.46. The number of rotatable bonds is 6. The van der Waals surface area contributed by atoms with E-state index in [2.05, 4.69) is 25.1 Å². The Labute approximate surface area is 92.8 Å². The zero-order valence-corrected chi connectivity index (χ0v) is 9.62. The second-order valence-corrected chi connectivity index (χ2v) is 3.53. The number of benzene rings is 1. The number of allylic oxidation sites excluding steroid dienone is 2. The molecular formula is C14H19O. The van der Waals surface area contributed by atoms with Gasteiger partial charge >= 0.3 is 0 Å². The largest absolute Gasteiger partial charge is 0.496 e. The van der Waals surface area contributed by atoms with Gasteiger partial charge in [-0.15, -0.1) is 0 Å². The molecular weight excluding hydrogens is 184 g/mol. The van der Waals surface area contributed by atoms with Crippen molar-refractivity contribution in [2.75, 3.05) is 7.11 Å². The summed E-state index contributed by atoms with van der Waals surface area (Å²) in [5.41, 5.74) is 1.13. The van der Waals surface area contributed by atoms with Crippen LogP contribution in [-0.4, -0.2) is 7.11 Å². The first-order valence-corrected chi connectivity index (χ1v) is 5.57. The Bertz CT molecular complexity index is 302. The summed E-state index contributed by atoms with van der Waals surface area (Å²) in [5.74, 6) is 0.928. The Morgan fingerprint density at radius 3 is 3.00 bits per heavy atom. The Morgan fingerprint density at radius 1 is 1.40 bits per heavy atom. The van der Waals surface area contributed by atoms with Crippen molar-refractivity contribution in [1.82, 2.24) is 0 Å². The normalized spacial score (nSPS) is 10.8. The van der Waals surface area contributed by atoms with E-state index in [0.717, 1.165) is 17.7 Å². The molecule has 0 amide bonds. The standard InChI is InChI=1S/C14H19O/c1-3-4-5-6-7-10-13-11-8-9-12-14(13)15-2/h6-9,12H,3-5,10H2,1-2H3. The van der Waals surface area contributed by atoms with Gasteiger partial charge in [-0.1, -0.05) is 44.1 Å². The van der Waals surface area contributed by atoms with Crippen molar-refractivity contribution in [2.24, 2.45) is 0 Å². The Hall–Kier alpha value is -1.24. The van der Waals surface area contributed by atoms with Crippen LogP contribution in [-0.2, 0) is 6.42 Å². The molecule has 0 heterocycles. The summed E-state index contributed by atoms with van der Waals surface area (Å²) in [7, 11) is 1.70. The van der Waals surface area contributed by atoms with Gasteiger partial charge in [-0.25, -0.2) is 0 Å². The highest BCUT2D eigenvalue weighted by molar-refractivity contribution is 5.33. The van der Waals surface area contributed by atoms with E-state index in [1.807, 2.05) is 18.2 Å². The average Bonchev–Trinajstić information content (AvgIpc) is 2.29. The van der Waals surface area contributed by atoms with Crippen LogP contribution in [0.5, 0.6) is 5.75 Å². The molecule has 0 saturated heterocycles. The molecule has 1 heteroatoms. The second-order valence-electron chi connectivity index (χ2n) is 3.53. The third kappa shape index (κ3) is 4.20. The molecule has 81 valence electrons. The molecule has 0 fully saturated rings. The van der Waals surface area contributed by atoms with Gasteiger partial charge in [-0.3, -0.25) is 0 Å². The van der Waals surface area contributed by atoms with Gasteiger partial charge in [0.2, 0.25) is 0 Å². The number of hydrogen-bond acceptors (Lipinski definition) is 1. The van der Waals surface area contributed by atoms with Gasteiger partial charge in [-0.05, 0) is 25.0 Å². The smallest absolute Gasteiger partial charge is 0.122 e. The number of unbranched alkanes of at least 4 members (excludes halogenated alkanes) is 2. The highest BCUT2D eigenvalue weighted by Crippen LogP contribution is 2.17. The van der Waals surface area contributed by atoms with Crippen molar-refractivity contribution in [3.8, 4) is 5.75 Å². The Morgan fingerprint density at radius 2 is 2.27 bits per heavy atom. The van der Waals surface area contributed by atoms with Crippen molar-refractivity contribution < 1.29 is 4.74 Å². The molecule has 1 radical (unpaired) electrons. The molecule has 0 unspecified atom stereocenters. The summed E-state index contributed by atoms with van der Waals surface area (Å²) in [5, 5.41) is 0. The Kier molecular flexibility index (Phi) is 5.60. The quantitative estimate of drug-likeness (QED) is 0.505. The summed E-state index contributed by atoms with van der Waals surface area (Å²) in [6.45, 7) is 2.21. The second kappa shape index (κ2) is 7.10. The fraction of sp³-hybridized carbons (Fsp3) is 0.429. The minimum Gasteiger partial charge on any atom is -0.496 e. The van der Waals surface area contributed by atoms with Crippen LogP contribution in [0.4, 0.5) is 0 Å². The molecule has 0 aliphatic heterocycles. The first kappa shape index (κ1) is 11.8. The maximum absolute atomic E-state index is 5.26. The zero-order valence-electron chi connectivity index (χ0n) is 9.62. The molecule has 15 heavy (non-hydrogen) atoms. The number of methoxy groups -OCH3 is 1. The summed E-state index contributed by atoms with van der Waals surface area (Å²) in [4.78, 5) is 0. The first-order chi connectivity index (χ1) is 7.38. The summed E-state index contributed by atoms with van der Waals surface area (Å²) >= 11 is 0. The lowest BCUT2D eigenvalue weighted by Gasteiger charge is -2.04. The third-order valence-electron chi connectivity index (χ3n) is 2.33. The fourth-order valence-electron chi connectivity index (χ4n) is 1.45. The van der Waals surface area contributed by atoms with Crippen LogP contribution in [0.1, 0.15) is 31.7 Å². The molecule has 0 aromatic heterocycles. The van der Waals surface area contributed by atoms with Gasteiger partial charge in [0.1, 0.15) is 5.75 Å². The summed E-state index contributed by atoms with van der Waals surface area (Å²) < 4.78 is 5.26. The van der Waals surface area contributed by atoms with Gasteiger partial charge in [0.05, 0.1) is 7.11 Å². The molecule has 1 aromatic carbocycles. The lowest BCUT2D eigenvalue weighted by molar-refractivity contribution is 0.410. The lowest BCUT2D eigenvalue weighted by atomic mass is 10.1. The minimum atomic E-state index is 0.910. The zero-order chi connectivity index (χ0) is 10.9. The predicted octanol–water partition coefficient (Wildman–Crippen LogP) is 3.78. The molecule has 0 aliphatic rings. The molecule has 0 aliphatic carbocycles. The van der Waals surface area contributed by atoms with E-state index in [-0.39, 0.29) is 0 Å². The first-order valence-electron chi connectivity index (χ1n) is 5.57. The van der Waals surface area contributed by atoms with E-state index < -0.39 is 0 Å². The van der Waals surface area contributed by atoms with Gasteiger partial charge in [0.25, 0.3) is 0 Å². The van der Waals surface area contributed by atoms with E-state index in [0.29, 0.717) is 0 Å². The van der Waals surface area contributed by atoms with Crippen molar-refractivity contribution in [2.45, 2.75) is 32.6 Å². The molecule has 0 atom stereocenters. The maximum atomic E-state index is 5.26. The molecule has 0 saturated carbocycles. The summed E-state index contributed by atoms with van der Waals surface area (Å²) in [6, 6.07) is 9.06. The van der Waals surface area contributed by atoms with Crippen LogP contribution in [0.25, 0.3) is 0 Å². The highest BCUT2D eigenvalue weighted by atomic mass is 16.5. The minimum absolute atomic E-state index is 0.910. The average molecular weight is 203 g/mol. The van der Waals surface area contributed by atoms with Crippen LogP contribution in [0.2, 0.25) is 0 Å². The van der Waals surface area contributed by atoms with E-state index in [1.165, 1.54) is 19.3 Å². The van der Waals surface area contributed by atoms with Crippen LogP contribution in [0.15, 0.2) is 30.4 Å². The van der Waals surface area contributed by atoms with Crippen molar-refractivity contribution in [1.29, 1.82) is 0 Å². The molecule has 1 aromatic rings. The van der Waals surface area contributed by atoms with Crippen molar-refractivity contribution >= 4 is 0 Å². The van der Waals surface area contributed by atoms with E-state index in [1.54, 1.807) is 7.11 Å². The van der Waals surface area contributed by atoms with Crippen LogP contribution < -0.4 is 4.74 Å². The predicted molar refractivity (Wildman–Crippen MR) is 64.2 cm³/mol. The third-order valence-corrected chi connectivity index (χ3v) is 2.33. The highest BCUT2D eigenvalue weighted by Gasteiger charge is 1.98. The monoisotopic (exact) mass is 203 g/mol. The molecule has 0 N–H and O–H groups in total. The summed E-state index contributed by atoms with van der Waals surface area (Å²) in [6.07, 6.45) is 9.05. The fourth-order valence-corrected chi connectivity index (χ4v) is 1.45. The number of ether oxygens (including phenoxy) is 1. The van der Waals surface area contributed by atoms with Crippen LogP contribution in [0.3, 0.4) is 0 Å². The van der Waals surface area contributed by atoms with E-state index >= 15 is 0 Å². The SMILES string of the molecule is CCCCC=CCc1[c]cccc1OC.